The minimum Gasteiger partial charge on any atom is -0.349 e. The first-order chi connectivity index (χ1) is 13.3. The van der Waals surface area contributed by atoms with Crippen molar-refractivity contribution in [3.05, 3.63) is 69.6 Å². The quantitative estimate of drug-likeness (QED) is 0.791. The lowest BCUT2D eigenvalue weighted by molar-refractivity contribution is -0.117. The van der Waals surface area contributed by atoms with E-state index in [0.29, 0.717) is 27.4 Å². The third kappa shape index (κ3) is 3.66. The summed E-state index contributed by atoms with van der Waals surface area (Å²) in [6, 6.07) is 13.9. The van der Waals surface area contributed by atoms with Gasteiger partial charge in [-0.15, -0.1) is 0 Å². The lowest BCUT2D eigenvalue weighted by atomic mass is 9.95. The number of anilines is 1. The molecule has 7 heteroatoms. The molecule has 3 rings (SSSR count). The van der Waals surface area contributed by atoms with E-state index < -0.39 is 15.9 Å². The number of halogens is 1. The predicted molar refractivity (Wildman–Crippen MR) is 114 cm³/mol. The standard InChI is InChI=1S/C21H23ClN2O3S/c1-4-8-14(2)23-21(25)20-19(15-9-6-5-7-10-15)17-13-16(22)11-12-18(17)24(3)28(20,26)27/h5-7,9-14H,4,8H2,1-3H3,(H,23,25). The van der Waals surface area contributed by atoms with E-state index in [-0.39, 0.29) is 10.9 Å². The number of nitrogens with one attached hydrogen (secondary N) is 1. The van der Waals surface area contributed by atoms with Gasteiger partial charge in [0.15, 0.2) is 4.91 Å². The van der Waals surface area contributed by atoms with Gasteiger partial charge in [0.1, 0.15) is 0 Å². The Bertz CT molecular complexity index is 1030. The molecule has 2 aromatic carbocycles. The van der Waals surface area contributed by atoms with Crippen molar-refractivity contribution >= 4 is 38.8 Å². The lowest BCUT2D eigenvalue weighted by Crippen LogP contribution is -2.42. The van der Waals surface area contributed by atoms with Crippen LogP contribution in [0.15, 0.2) is 53.4 Å². The molecule has 0 saturated carbocycles. The van der Waals surface area contributed by atoms with Crippen LogP contribution in [0.1, 0.15) is 37.8 Å². The molecule has 1 N–H and O–H groups in total. The van der Waals surface area contributed by atoms with Crippen LogP contribution in [-0.4, -0.2) is 27.4 Å². The zero-order valence-corrected chi connectivity index (χ0v) is 17.6. The summed E-state index contributed by atoms with van der Waals surface area (Å²) in [5.41, 5.74) is 2.12. The molecule has 148 valence electrons. The molecular formula is C21H23ClN2O3S. The van der Waals surface area contributed by atoms with E-state index in [1.54, 1.807) is 30.3 Å². The predicted octanol–water partition coefficient (Wildman–Crippen LogP) is 4.18. The molecule has 0 aliphatic carbocycles. The highest BCUT2D eigenvalue weighted by molar-refractivity contribution is 7.97. The maximum atomic E-state index is 13.3. The molecule has 1 heterocycles. The van der Waals surface area contributed by atoms with Crippen LogP contribution in [0.2, 0.25) is 5.02 Å². The van der Waals surface area contributed by atoms with Gasteiger partial charge in [-0.3, -0.25) is 9.10 Å². The van der Waals surface area contributed by atoms with Crippen molar-refractivity contribution in [2.45, 2.75) is 32.7 Å². The highest BCUT2D eigenvalue weighted by Gasteiger charge is 2.39. The molecule has 1 aliphatic heterocycles. The SMILES string of the molecule is CCCC(C)NC(=O)C1=C(c2ccccc2)c2cc(Cl)ccc2N(C)S1(=O)=O. The van der Waals surface area contributed by atoms with E-state index in [2.05, 4.69) is 5.32 Å². The largest absolute Gasteiger partial charge is 0.349 e. The number of rotatable bonds is 5. The number of sulfonamides is 1. The Hall–Kier alpha value is -2.31. The average Bonchev–Trinajstić information content (AvgIpc) is 2.65. The van der Waals surface area contributed by atoms with Gasteiger partial charge < -0.3 is 5.32 Å². The highest BCUT2D eigenvalue weighted by Crippen LogP contribution is 2.43. The van der Waals surface area contributed by atoms with Crippen molar-refractivity contribution < 1.29 is 13.2 Å². The summed E-state index contributed by atoms with van der Waals surface area (Å²) in [6.45, 7) is 3.88. The Balaban J connectivity index is 2.31. The van der Waals surface area contributed by atoms with Gasteiger partial charge in [-0.05, 0) is 37.1 Å². The van der Waals surface area contributed by atoms with Gasteiger partial charge >= 0.3 is 0 Å². The van der Waals surface area contributed by atoms with E-state index in [1.165, 1.54) is 7.05 Å². The van der Waals surface area contributed by atoms with Gasteiger partial charge in [-0.25, -0.2) is 8.42 Å². The molecular weight excluding hydrogens is 396 g/mol. The molecule has 1 aliphatic rings. The van der Waals surface area contributed by atoms with Gasteiger partial charge in [-0.1, -0.05) is 55.3 Å². The van der Waals surface area contributed by atoms with Crippen LogP contribution in [0.25, 0.3) is 5.57 Å². The summed E-state index contributed by atoms with van der Waals surface area (Å²) in [4.78, 5) is 12.9. The van der Waals surface area contributed by atoms with E-state index in [9.17, 15) is 13.2 Å². The fourth-order valence-electron chi connectivity index (χ4n) is 3.42. The van der Waals surface area contributed by atoms with Crippen LogP contribution in [0.3, 0.4) is 0 Å². The van der Waals surface area contributed by atoms with E-state index in [4.69, 9.17) is 11.6 Å². The molecule has 28 heavy (non-hydrogen) atoms. The second kappa shape index (κ2) is 7.97. The normalized spacial score (nSPS) is 16.5. The second-order valence-corrected chi connectivity index (χ2v) is 9.21. The fraction of sp³-hybridized carbons (Fsp3) is 0.286. The first-order valence-corrected chi connectivity index (χ1v) is 11.0. The van der Waals surface area contributed by atoms with Gasteiger partial charge in [0.05, 0.1) is 5.69 Å². The van der Waals surface area contributed by atoms with Crippen molar-refractivity contribution in [3.8, 4) is 0 Å². The Morgan fingerprint density at radius 2 is 1.86 bits per heavy atom. The van der Waals surface area contributed by atoms with Crippen LogP contribution in [0, 0.1) is 0 Å². The number of carbonyl (C=O) groups excluding carboxylic acids is 1. The fourth-order valence-corrected chi connectivity index (χ4v) is 5.06. The third-order valence-electron chi connectivity index (χ3n) is 4.78. The van der Waals surface area contributed by atoms with E-state index in [1.807, 2.05) is 32.0 Å². The Morgan fingerprint density at radius 3 is 2.50 bits per heavy atom. The minimum atomic E-state index is -4.03. The molecule has 0 radical (unpaired) electrons. The van der Waals surface area contributed by atoms with Crippen molar-refractivity contribution in [2.24, 2.45) is 0 Å². The number of benzene rings is 2. The molecule has 1 unspecified atom stereocenters. The van der Waals surface area contributed by atoms with Crippen molar-refractivity contribution in [3.63, 3.8) is 0 Å². The van der Waals surface area contributed by atoms with Crippen LogP contribution in [0.4, 0.5) is 5.69 Å². The van der Waals surface area contributed by atoms with Crippen LogP contribution < -0.4 is 9.62 Å². The molecule has 0 saturated heterocycles. The number of hydrogen-bond donors (Lipinski definition) is 1. The summed E-state index contributed by atoms with van der Waals surface area (Å²) in [5, 5.41) is 3.31. The first kappa shape index (κ1) is 20.4. The van der Waals surface area contributed by atoms with Gasteiger partial charge in [-0.2, -0.15) is 0 Å². The molecule has 0 aromatic heterocycles. The zero-order valence-electron chi connectivity index (χ0n) is 16.1. The van der Waals surface area contributed by atoms with E-state index >= 15 is 0 Å². The smallest absolute Gasteiger partial charge is 0.270 e. The van der Waals surface area contributed by atoms with Crippen LogP contribution >= 0.6 is 11.6 Å². The Labute approximate surface area is 171 Å². The highest BCUT2D eigenvalue weighted by atomic mass is 35.5. The number of amides is 1. The Morgan fingerprint density at radius 1 is 1.18 bits per heavy atom. The summed E-state index contributed by atoms with van der Waals surface area (Å²) in [6.07, 6.45) is 1.65. The minimum absolute atomic E-state index is 0.136. The molecule has 1 amide bonds. The molecule has 0 fully saturated rings. The van der Waals surface area contributed by atoms with Crippen LogP contribution in [0.5, 0.6) is 0 Å². The molecule has 2 aromatic rings. The zero-order chi connectivity index (χ0) is 20.5. The number of nitrogens with zero attached hydrogens (tertiary/aromatic N) is 1. The number of hydrogen-bond acceptors (Lipinski definition) is 3. The topological polar surface area (TPSA) is 66.5 Å². The number of carbonyl (C=O) groups is 1. The summed E-state index contributed by atoms with van der Waals surface area (Å²) in [5.74, 6) is -0.600. The average molecular weight is 419 g/mol. The molecule has 1 atom stereocenters. The van der Waals surface area contributed by atoms with E-state index in [0.717, 1.165) is 17.1 Å². The van der Waals surface area contributed by atoms with Gasteiger partial charge in [0.25, 0.3) is 15.9 Å². The number of fused-ring (bicyclic) bond motifs is 1. The maximum absolute atomic E-state index is 13.3. The Kier molecular flexibility index (Phi) is 5.82. The van der Waals surface area contributed by atoms with Crippen molar-refractivity contribution in [1.29, 1.82) is 0 Å². The second-order valence-electron chi connectivity index (χ2n) is 6.87. The first-order valence-electron chi connectivity index (χ1n) is 9.16. The van der Waals surface area contributed by atoms with Gasteiger partial charge in [0, 0.05) is 29.2 Å². The lowest BCUT2D eigenvalue weighted by Gasteiger charge is -2.31. The molecule has 0 bridgehead atoms. The summed E-state index contributed by atoms with van der Waals surface area (Å²) < 4.78 is 27.7. The van der Waals surface area contributed by atoms with Crippen molar-refractivity contribution in [1.82, 2.24) is 5.32 Å². The van der Waals surface area contributed by atoms with Crippen LogP contribution in [-0.2, 0) is 14.8 Å². The maximum Gasteiger partial charge on any atom is 0.270 e. The molecule has 5 nitrogen and oxygen atoms in total. The third-order valence-corrected chi connectivity index (χ3v) is 6.84. The van der Waals surface area contributed by atoms with Gasteiger partial charge in [0.2, 0.25) is 0 Å². The summed E-state index contributed by atoms with van der Waals surface area (Å²) >= 11 is 6.21. The van der Waals surface area contributed by atoms with Crippen molar-refractivity contribution in [2.75, 3.05) is 11.4 Å². The molecule has 0 spiro atoms. The monoisotopic (exact) mass is 418 g/mol. The summed E-state index contributed by atoms with van der Waals surface area (Å²) in [7, 11) is -2.58.